The van der Waals surface area contributed by atoms with E-state index < -0.39 is 0 Å². The van der Waals surface area contributed by atoms with Crippen molar-refractivity contribution < 1.29 is 19.0 Å². The third-order valence-corrected chi connectivity index (χ3v) is 4.83. The maximum atomic E-state index is 11.9. The van der Waals surface area contributed by atoms with Crippen LogP contribution in [0, 0.1) is 0 Å². The summed E-state index contributed by atoms with van der Waals surface area (Å²) in [7, 11) is 1.63. The van der Waals surface area contributed by atoms with Crippen LogP contribution < -0.4 is 20.1 Å². The van der Waals surface area contributed by atoms with Crippen LogP contribution in [0.4, 0.5) is 5.69 Å². The number of fused-ring (bicyclic) bond motifs is 1. The van der Waals surface area contributed by atoms with Crippen LogP contribution in [0.25, 0.3) is 0 Å². The average molecular weight is 415 g/mol. The van der Waals surface area contributed by atoms with Crippen LogP contribution in [0.5, 0.6) is 11.5 Å². The predicted molar refractivity (Wildman–Crippen MR) is 117 cm³/mol. The third-order valence-electron chi connectivity index (χ3n) is 4.62. The fourth-order valence-electron chi connectivity index (χ4n) is 3.35. The van der Waals surface area contributed by atoms with Gasteiger partial charge in [-0.2, -0.15) is 0 Å². The van der Waals surface area contributed by atoms with Gasteiger partial charge in [-0.3, -0.25) is 0 Å². The number of carbonyl (C=O) groups is 1. The molecule has 0 aliphatic carbocycles. The van der Waals surface area contributed by atoms with Crippen molar-refractivity contribution in [1.82, 2.24) is 5.32 Å². The second-order valence-corrected chi connectivity index (χ2v) is 7.83. The van der Waals surface area contributed by atoms with Gasteiger partial charge in [0.15, 0.2) is 5.11 Å². The lowest BCUT2D eigenvalue weighted by Gasteiger charge is -2.38. The minimum atomic E-state index is -0.357. The zero-order valence-corrected chi connectivity index (χ0v) is 17.9. The molecule has 0 saturated heterocycles. The number of methoxy groups -OCH3 is 1. The molecule has 29 heavy (non-hydrogen) atoms. The molecule has 1 aliphatic rings. The summed E-state index contributed by atoms with van der Waals surface area (Å²) in [6.07, 6.45) is 0.747. The number of hydrogen-bond acceptors (Lipinski definition) is 5. The molecule has 0 aromatic heterocycles. The van der Waals surface area contributed by atoms with E-state index in [2.05, 4.69) is 10.6 Å². The molecule has 0 radical (unpaired) electrons. The molecule has 154 valence electrons. The smallest absolute Gasteiger partial charge is 0.338 e. The fourth-order valence-corrected chi connectivity index (χ4v) is 3.61. The van der Waals surface area contributed by atoms with Crippen molar-refractivity contribution in [2.45, 2.75) is 38.8 Å². The molecule has 6 nitrogen and oxygen atoms in total. The van der Waals surface area contributed by atoms with E-state index in [1.54, 1.807) is 32.2 Å². The topological polar surface area (TPSA) is 68.8 Å². The van der Waals surface area contributed by atoms with E-state index >= 15 is 0 Å². The summed E-state index contributed by atoms with van der Waals surface area (Å²) in [5, 5.41) is 7.00. The van der Waals surface area contributed by atoms with Crippen LogP contribution in [-0.4, -0.2) is 30.4 Å². The molecule has 2 aromatic carbocycles. The first-order valence-electron chi connectivity index (χ1n) is 9.53. The van der Waals surface area contributed by atoms with Crippen molar-refractivity contribution >= 4 is 29.0 Å². The first kappa shape index (κ1) is 20.9. The summed E-state index contributed by atoms with van der Waals surface area (Å²) in [6.45, 7) is 6.20. The number of anilines is 1. The van der Waals surface area contributed by atoms with Gasteiger partial charge in [-0.05, 0) is 63.3 Å². The number of hydrogen-bond donors (Lipinski definition) is 2. The van der Waals surface area contributed by atoms with Crippen molar-refractivity contribution in [2.75, 3.05) is 19.0 Å². The first-order valence-corrected chi connectivity index (χ1v) is 9.94. The van der Waals surface area contributed by atoms with E-state index in [0.717, 1.165) is 23.5 Å². The number of nitrogens with one attached hydrogen (secondary N) is 2. The van der Waals surface area contributed by atoms with Gasteiger partial charge in [0.05, 0.1) is 25.3 Å². The molecule has 0 saturated carbocycles. The van der Waals surface area contributed by atoms with Gasteiger partial charge >= 0.3 is 5.97 Å². The highest BCUT2D eigenvalue weighted by Gasteiger charge is 2.34. The number of benzene rings is 2. The van der Waals surface area contributed by atoms with Gasteiger partial charge in [-0.25, -0.2) is 4.79 Å². The van der Waals surface area contributed by atoms with Gasteiger partial charge in [0.1, 0.15) is 17.1 Å². The molecule has 7 heteroatoms. The number of esters is 1. The van der Waals surface area contributed by atoms with Crippen LogP contribution in [0.1, 0.15) is 49.2 Å². The van der Waals surface area contributed by atoms with Crippen molar-refractivity contribution in [3.05, 3.63) is 53.6 Å². The maximum absolute atomic E-state index is 11.9. The fraction of sp³-hybridized carbons (Fsp3) is 0.364. The molecule has 1 heterocycles. The Kier molecular flexibility index (Phi) is 6.27. The van der Waals surface area contributed by atoms with Crippen molar-refractivity contribution in [3.63, 3.8) is 0 Å². The highest BCUT2D eigenvalue weighted by Crippen LogP contribution is 2.41. The summed E-state index contributed by atoms with van der Waals surface area (Å²) in [4.78, 5) is 11.9. The Morgan fingerprint density at radius 2 is 2.07 bits per heavy atom. The van der Waals surface area contributed by atoms with Crippen LogP contribution >= 0.6 is 12.2 Å². The maximum Gasteiger partial charge on any atom is 0.338 e. The molecule has 2 N–H and O–H groups in total. The summed E-state index contributed by atoms with van der Waals surface area (Å²) < 4.78 is 16.5. The van der Waals surface area contributed by atoms with E-state index in [4.69, 9.17) is 26.4 Å². The monoisotopic (exact) mass is 414 g/mol. The lowest BCUT2D eigenvalue weighted by molar-refractivity contribution is 0.0526. The van der Waals surface area contributed by atoms with Gasteiger partial charge in [0.25, 0.3) is 0 Å². The third kappa shape index (κ3) is 5.17. The summed E-state index contributed by atoms with van der Waals surface area (Å²) >= 11 is 5.53. The summed E-state index contributed by atoms with van der Waals surface area (Å²) in [5.74, 6) is 1.17. The van der Waals surface area contributed by atoms with Crippen LogP contribution in [0.2, 0.25) is 0 Å². The zero-order valence-electron chi connectivity index (χ0n) is 17.1. The number of thiocarbonyl (C=S) groups is 1. The number of rotatable bonds is 5. The average Bonchev–Trinajstić information content (AvgIpc) is 2.66. The van der Waals surface area contributed by atoms with E-state index in [0.29, 0.717) is 23.0 Å². The van der Waals surface area contributed by atoms with E-state index in [9.17, 15) is 4.79 Å². The molecule has 0 fully saturated rings. The molecule has 0 amide bonds. The van der Waals surface area contributed by atoms with Crippen molar-refractivity contribution in [2.24, 2.45) is 0 Å². The Bertz CT molecular complexity index is 913. The zero-order chi connectivity index (χ0) is 21.0. The van der Waals surface area contributed by atoms with Crippen LogP contribution in [0.15, 0.2) is 42.5 Å². The number of ether oxygens (including phenoxy) is 3. The quantitative estimate of drug-likeness (QED) is 0.553. The van der Waals surface area contributed by atoms with Crippen molar-refractivity contribution in [3.8, 4) is 11.5 Å². The van der Waals surface area contributed by atoms with Gasteiger partial charge in [-0.1, -0.05) is 6.07 Å². The molecular weight excluding hydrogens is 388 g/mol. The highest BCUT2D eigenvalue weighted by molar-refractivity contribution is 7.80. The van der Waals surface area contributed by atoms with Gasteiger partial charge in [-0.15, -0.1) is 0 Å². The molecule has 0 bridgehead atoms. The lowest BCUT2D eigenvalue weighted by Crippen LogP contribution is -2.42. The minimum absolute atomic E-state index is 0.0205. The second kappa shape index (κ2) is 8.69. The Balaban J connectivity index is 1.74. The Hall–Kier alpha value is -2.80. The predicted octanol–water partition coefficient (Wildman–Crippen LogP) is 4.46. The highest BCUT2D eigenvalue weighted by atomic mass is 32.1. The van der Waals surface area contributed by atoms with E-state index in [1.165, 1.54) is 0 Å². The van der Waals surface area contributed by atoms with E-state index in [-0.39, 0.29) is 17.6 Å². The number of carbonyl (C=O) groups excluding carboxylic acids is 1. The SMILES string of the molecule is CCOC(=O)c1cccc(NC(=S)N[C@H]2CC(C)(C)Oc3cc(OC)ccc32)c1. The molecule has 0 unspecified atom stereocenters. The Labute approximate surface area is 176 Å². The molecule has 3 rings (SSSR count). The van der Waals surface area contributed by atoms with Gasteiger partial charge < -0.3 is 24.8 Å². The largest absolute Gasteiger partial charge is 0.497 e. The van der Waals surface area contributed by atoms with Gasteiger partial charge in [0.2, 0.25) is 0 Å². The molecular formula is C22H26N2O4S. The lowest BCUT2D eigenvalue weighted by atomic mass is 9.89. The minimum Gasteiger partial charge on any atom is -0.497 e. The second-order valence-electron chi connectivity index (χ2n) is 7.42. The van der Waals surface area contributed by atoms with E-state index in [1.807, 2.05) is 38.1 Å². The molecule has 2 aromatic rings. The Morgan fingerprint density at radius 3 is 2.79 bits per heavy atom. The first-order chi connectivity index (χ1) is 13.8. The molecule has 1 atom stereocenters. The van der Waals surface area contributed by atoms with Crippen molar-refractivity contribution in [1.29, 1.82) is 0 Å². The molecule has 1 aliphatic heterocycles. The van der Waals surface area contributed by atoms with Crippen LogP contribution in [0.3, 0.4) is 0 Å². The molecule has 0 spiro atoms. The Morgan fingerprint density at radius 1 is 1.28 bits per heavy atom. The van der Waals surface area contributed by atoms with Crippen LogP contribution in [-0.2, 0) is 4.74 Å². The standard InChI is InChI=1S/C22H26N2O4S/c1-5-27-20(25)14-7-6-8-15(11-14)23-21(29)24-18-13-22(2,3)28-19-12-16(26-4)9-10-17(18)19/h6-12,18H,5,13H2,1-4H3,(H2,23,24,29)/t18-/m0/s1. The van der Waals surface area contributed by atoms with Gasteiger partial charge in [0, 0.05) is 23.7 Å². The summed E-state index contributed by atoms with van der Waals surface area (Å²) in [6, 6.07) is 12.8. The normalized spacial score (nSPS) is 16.8. The summed E-state index contributed by atoms with van der Waals surface area (Å²) in [5.41, 5.74) is 1.87.